The lowest BCUT2D eigenvalue weighted by molar-refractivity contribution is -0.141. The number of carbonyl (C=O) groups excluding carboxylic acids is 5. The van der Waals surface area contributed by atoms with Crippen LogP contribution in [0.4, 0.5) is 0 Å². The molecule has 4 amide bonds. The zero-order valence-corrected chi connectivity index (χ0v) is 22.2. The molecule has 2 aliphatic carbocycles. The first-order chi connectivity index (χ1) is 19.3. The Bertz CT molecular complexity index is 1330. The molecule has 210 valence electrons. The zero-order chi connectivity index (χ0) is 27.9. The third-order valence-electron chi connectivity index (χ3n) is 8.56. The Morgan fingerprint density at radius 3 is 2.52 bits per heavy atom. The van der Waals surface area contributed by atoms with Gasteiger partial charge in [-0.3, -0.25) is 24.0 Å². The summed E-state index contributed by atoms with van der Waals surface area (Å²) in [5.41, 5.74) is 0.829. The quantitative estimate of drug-likeness (QED) is 0.386. The van der Waals surface area contributed by atoms with Crippen molar-refractivity contribution in [1.82, 2.24) is 35.8 Å². The van der Waals surface area contributed by atoms with Gasteiger partial charge in [0.05, 0.1) is 17.9 Å². The predicted molar refractivity (Wildman–Crippen MR) is 141 cm³/mol. The van der Waals surface area contributed by atoms with Gasteiger partial charge < -0.3 is 20.9 Å². The summed E-state index contributed by atoms with van der Waals surface area (Å²) in [5, 5.41) is 16.8. The maximum atomic E-state index is 13.8. The van der Waals surface area contributed by atoms with Crippen molar-refractivity contribution in [3.63, 3.8) is 0 Å². The standard InChI is InChI=1S/C28H33N7O5/c36-23(26(39)31-18-6-7-18)20(14-17-8-12-29-24(17)37)32-25(38)22-15-28(9-10-28)11-13-34(22)27(40)21-16-30-35(33-21)19-4-2-1-3-5-19/h1-5,16-18,20,22H,6-15H2,(H,29,37)(H,31,39)(H,32,38)/t17-,20?,22-/m0/s1. The van der Waals surface area contributed by atoms with Crippen LogP contribution in [0.25, 0.3) is 5.69 Å². The van der Waals surface area contributed by atoms with E-state index in [-0.39, 0.29) is 29.5 Å². The maximum absolute atomic E-state index is 13.8. The third kappa shape index (κ3) is 5.47. The van der Waals surface area contributed by atoms with Crippen LogP contribution in [0, 0.1) is 11.3 Å². The van der Waals surface area contributed by atoms with Crippen LogP contribution in [-0.4, -0.2) is 80.5 Å². The van der Waals surface area contributed by atoms with Crippen LogP contribution < -0.4 is 16.0 Å². The Kier molecular flexibility index (Phi) is 6.85. The van der Waals surface area contributed by atoms with E-state index in [9.17, 15) is 24.0 Å². The van der Waals surface area contributed by atoms with E-state index >= 15 is 0 Å². The third-order valence-corrected chi connectivity index (χ3v) is 8.56. The van der Waals surface area contributed by atoms with Crippen molar-refractivity contribution in [3.05, 3.63) is 42.2 Å². The van der Waals surface area contributed by atoms with Crippen LogP contribution >= 0.6 is 0 Å². The minimum atomic E-state index is -1.16. The van der Waals surface area contributed by atoms with Crippen molar-refractivity contribution in [1.29, 1.82) is 0 Å². The normalized spacial score (nSPS) is 23.8. The topological polar surface area (TPSA) is 155 Å². The number of carbonyl (C=O) groups is 5. The molecule has 3 heterocycles. The van der Waals surface area contributed by atoms with E-state index in [0.717, 1.165) is 32.1 Å². The van der Waals surface area contributed by atoms with E-state index in [1.54, 1.807) is 0 Å². The number of rotatable bonds is 9. The van der Waals surface area contributed by atoms with Crippen LogP contribution in [0.5, 0.6) is 0 Å². The lowest BCUT2D eigenvalue weighted by Gasteiger charge is -2.39. The molecule has 2 saturated heterocycles. The second-order valence-corrected chi connectivity index (χ2v) is 11.5. The van der Waals surface area contributed by atoms with Crippen molar-refractivity contribution in [3.8, 4) is 5.69 Å². The molecule has 3 atom stereocenters. The van der Waals surface area contributed by atoms with Crippen molar-refractivity contribution in [2.24, 2.45) is 11.3 Å². The minimum Gasteiger partial charge on any atom is -0.356 e. The second kappa shape index (κ2) is 10.5. The first-order valence-electron chi connectivity index (χ1n) is 14.0. The van der Waals surface area contributed by atoms with Gasteiger partial charge >= 0.3 is 0 Å². The molecule has 12 nitrogen and oxygen atoms in total. The van der Waals surface area contributed by atoms with E-state index in [1.165, 1.54) is 15.9 Å². The summed E-state index contributed by atoms with van der Waals surface area (Å²) >= 11 is 0. The highest BCUT2D eigenvalue weighted by Gasteiger charge is 2.51. The van der Waals surface area contributed by atoms with Gasteiger partial charge in [0.25, 0.3) is 11.8 Å². The molecule has 1 aromatic heterocycles. The van der Waals surface area contributed by atoms with Gasteiger partial charge in [-0.05, 0) is 68.9 Å². The molecule has 40 heavy (non-hydrogen) atoms. The number of hydrogen-bond donors (Lipinski definition) is 3. The summed E-state index contributed by atoms with van der Waals surface area (Å²) in [6, 6.07) is 7.20. The number of benzene rings is 1. The van der Waals surface area contributed by atoms with Gasteiger partial charge in [-0.25, -0.2) is 0 Å². The highest BCUT2D eigenvalue weighted by atomic mass is 16.2. The molecule has 1 unspecified atom stereocenters. The fraction of sp³-hybridized carbons (Fsp3) is 0.536. The van der Waals surface area contributed by atoms with Gasteiger partial charge in [0.1, 0.15) is 6.04 Å². The molecule has 6 rings (SSSR count). The van der Waals surface area contributed by atoms with Gasteiger partial charge in [0, 0.05) is 25.0 Å². The summed E-state index contributed by atoms with van der Waals surface area (Å²) in [6.45, 7) is 0.866. The van der Waals surface area contributed by atoms with Crippen molar-refractivity contribution >= 4 is 29.4 Å². The van der Waals surface area contributed by atoms with Crippen molar-refractivity contribution < 1.29 is 24.0 Å². The maximum Gasteiger partial charge on any atom is 0.289 e. The summed E-state index contributed by atoms with van der Waals surface area (Å²) in [4.78, 5) is 68.4. The van der Waals surface area contributed by atoms with Crippen LogP contribution in [0.2, 0.25) is 0 Å². The van der Waals surface area contributed by atoms with E-state index in [2.05, 4.69) is 26.1 Å². The first kappa shape index (κ1) is 26.1. The minimum absolute atomic E-state index is 0.00856. The lowest BCUT2D eigenvalue weighted by Crippen LogP contribution is -2.58. The number of ketones is 1. The summed E-state index contributed by atoms with van der Waals surface area (Å²) in [6.07, 6.45) is 6.80. The Labute approximate surface area is 231 Å². The average molecular weight is 548 g/mol. The molecular formula is C28H33N7O5. The number of piperidine rings is 1. The molecule has 0 radical (unpaired) electrons. The van der Waals surface area contributed by atoms with Crippen LogP contribution in [-0.2, 0) is 19.2 Å². The lowest BCUT2D eigenvalue weighted by atomic mass is 9.86. The first-order valence-corrected chi connectivity index (χ1v) is 14.0. The summed E-state index contributed by atoms with van der Waals surface area (Å²) in [7, 11) is 0. The Balaban J connectivity index is 1.21. The molecular weight excluding hydrogens is 514 g/mol. The van der Waals surface area contributed by atoms with E-state index in [1.807, 2.05) is 30.3 Å². The van der Waals surface area contributed by atoms with E-state index in [4.69, 9.17) is 0 Å². The molecule has 12 heteroatoms. The Morgan fingerprint density at radius 1 is 1.07 bits per heavy atom. The molecule has 1 aromatic carbocycles. The number of aromatic nitrogens is 3. The van der Waals surface area contributed by atoms with Gasteiger partial charge in [-0.2, -0.15) is 9.90 Å². The average Bonchev–Trinajstić information content (AvgIpc) is 3.84. The molecule has 3 N–H and O–H groups in total. The number of likely N-dealkylation sites (tertiary alicyclic amines) is 1. The highest BCUT2D eigenvalue weighted by Crippen LogP contribution is 2.55. The number of nitrogens with zero attached hydrogens (tertiary/aromatic N) is 4. The van der Waals surface area contributed by atoms with E-state index in [0.29, 0.717) is 31.6 Å². The fourth-order valence-corrected chi connectivity index (χ4v) is 5.73. The highest BCUT2D eigenvalue weighted by molar-refractivity contribution is 6.38. The van der Waals surface area contributed by atoms with Crippen LogP contribution in [0.3, 0.4) is 0 Å². The van der Waals surface area contributed by atoms with Crippen molar-refractivity contribution in [2.75, 3.05) is 13.1 Å². The predicted octanol–water partition coefficient (Wildman–Crippen LogP) is 0.511. The van der Waals surface area contributed by atoms with Crippen LogP contribution in [0.1, 0.15) is 61.9 Å². The molecule has 4 aliphatic rings. The molecule has 2 saturated carbocycles. The van der Waals surface area contributed by atoms with Gasteiger partial charge in [0.2, 0.25) is 17.6 Å². The number of nitrogens with one attached hydrogen (secondary N) is 3. The molecule has 4 fully saturated rings. The summed E-state index contributed by atoms with van der Waals surface area (Å²) in [5.74, 6) is -3.09. The van der Waals surface area contributed by atoms with Gasteiger partial charge in [-0.1, -0.05) is 18.2 Å². The second-order valence-electron chi connectivity index (χ2n) is 11.5. The van der Waals surface area contributed by atoms with Crippen LogP contribution in [0.15, 0.2) is 36.5 Å². The Hall–Kier alpha value is -4.09. The number of amides is 4. The molecule has 1 spiro atoms. The molecule has 2 aliphatic heterocycles. The molecule has 2 aromatic rings. The largest absolute Gasteiger partial charge is 0.356 e. The number of Topliss-reactive ketones (excluding diaryl/α,β-unsaturated/α-hetero) is 1. The van der Waals surface area contributed by atoms with E-state index < -0.39 is 41.5 Å². The number of hydrogen-bond acceptors (Lipinski definition) is 7. The van der Waals surface area contributed by atoms with Gasteiger partial charge in [0.15, 0.2) is 5.69 Å². The van der Waals surface area contributed by atoms with Gasteiger partial charge in [-0.15, -0.1) is 5.10 Å². The number of para-hydroxylation sites is 1. The monoisotopic (exact) mass is 547 g/mol. The van der Waals surface area contributed by atoms with Crippen molar-refractivity contribution in [2.45, 2.75) is 69.5 Å². The summed E-state index contributed by atoms with van der Waals surface area (Å²) < 4.78 is 0. The molecule has 0 bridgehead atoms. The fourth-order valence-electron chi connectivity index (χ4n) is 5.73. The zero-order valence-electron chi connectivity index (χ0n) is 22.2. The SMILES string of the molecule is O=C(NC1CC1)C(=O)C(C[C@@H]1CCNC1=O)NC(=O)[C@@H]1CC2(CCN1C(=O)c1cnn(-c3ccccc3)n1)CC2. The smallest absolute Gasteiger partial charge is 0.289 e. The Morgan fingerprint density at radius 2 is 1.85 bits per heavy atom.